The fourth-order valence-corrected chi connectivity index (χ4v) is 4.76. The van der Waals surface area contributed by atoms with E-state index in [1.807, 2.05) is 12.1 Å². The van der Waals surface area contributed by atoms with Gasteiger partial charge in [0.15, 0.2) is 0 Å². The van der Waals surface area contributed by atoms with Crippen molar-refractivity contribution < 1.29 is 18.0 Å². The molecule has 3 N–H and O–H groups in total. The number of hydrogen-bond acceptors (Lipinski definition) is 7. The molecule has 1 heterocycles. The van der Waals surface area contributed by atoms with Crippen LogP contribution in [0.2, 0.25) is 0 Å². The van der Waals surface area contributed by atoms with Gasteiger partial charge in [-0.1, -0.05) is 64.2 Å². The molecule has 0 saturated heterocycles. The van der Waals surface area contributed by atoms with Crippen molar-refractivity contribution in [1.82, 2.24) is 10.2 Å². The molecule has 11 heteroatoms. The molecule has 0 aliphatic carbocycles. The van der Waals surface area contributed by atoms with Gasteiger partial charge in [0.25, 0.3) is 20.3 Å². The first-order valence-corrected chi connectivity index (χ1v) is 12.8. The maximum Gasteiger partial charge on any atom is 0.291 e. The largest absolute Gasteiger partial charge is 0.322 e. The van der Waals surface area contributed by atoms with E-state index in [4.69, 9.17) is 0 Å². The Morgan fingerprint density at radius 1 is 0.941 bits per heavy atom. The minimum atomic E-state index is -4.03. The molecule has 0 atom stereocenters. The zero-order chi connectivity index (χ0) is 25.1. The number of rotatable bonds is 7. The Kier molecular flexibility index (Phi) is 7.37. The maximum absolute atomic E-state index is 12.7. The lowest BCUT2D eigenvalue weighted by Crippen LogP contribution is -2.17. The second-order valence-corrected chi connectivity index (χ2v) is 11.8. The molecule has 3 rings (SSSR count). The second kappa shape index (κ2) is 9.90. The van der Waals surface area contributed by atoms with Gasteiger partial charge in [-0.05, 0) is 41.3 Å². The smallest absolute Gasteiger partial charge is 0.291 e. The summed E-state index contributed by atoms with van der Waals surface area (Å²) < 4.78 is 27.5. The van der Waals surface area contributed by atoms with Crippen LogP contribution in [-0.2, 0) is 20.2 Å². The van der Waals surface area contributed by atoms with Crippen molar-refractivity contribution in [1.29, 1.82) is 0 Å². The molecule has 0 aliphatic rings. The SMILES string of the molecule is CC(C)C(=O)Nc1nnc(S(=O)(=O)Nc2cccc(NC(=O)c3ccc(C(C)(C)C)cc3)c2)s1. The van der Waals surface area contributed by atoms with Gasteiger partial charge in [0.05, 0.1) is 5.69 Å². The van der Waals surface area contributed by atoms with Gasteiger partial charge in [0, 0.05) is 17.2 Å². The minimum Gasteiger partial charge on any atom is -0.322 e. The third-order valence-electron chi connectivity index (χ3n) is 4.78. The zero-order valence-corrected chi connectivity index (χ0v) is 21.2. The molecule has 0 bridgehead atoms. The Hall–Kier alpha value is -3.31. The molecule has 180 valence electrons. The third kappa shape index (κ3) is 6.39. The fraction of sp³-hybridized carbons (Fsp3) is 0.304. The van der Waals surface area contributed by atoms with Gasteiger partial charge >= 0.3 is 0 Å². The highest BCUT2D eigenvalue weighted by molar-refractivity contribution is 7.94. The molecule has 2 aromatic carbocycles. The summed E-state index contributed by atoms with van der Waals surface area (Å²) in [6, 6.07) is 13.7. The number of carbonyl (C=O) groups excluding carboxylic acids is 2. The van der Waals surface area contributed by atoms with Crippen LogP contribution in [0, 0.1) is 5.92 Å². The Morgan fingerprint density at radius 2 is 1.59 bits per heavy atom. The molecule has 0 fully saturated rings. The van der Waals surface area contributed by atoms with E-state index in [0.717, 1.165) is 16.9 Å². The summed E-state index contributed by atoms with van der Waals surface area (Å²) in [6.45, 7) is 9.71. The number of hydrogen-bond donors (Lipinski definition) is 3. The number of benzene rings is 2. The van der Waals surface area contributed by atoms with Crippen molar-refractivity contribution in [2.24, 2.45) is 5.92 Å². The number of anilines is 3. The van der Waals surface area contributed by atoms with E-state index in [9.17, 15) is 18.0 Å². The van der Waals surface area contributed by atoms with Gasteiger partial charge in [-0.25, -0.2) is 0 Å². The van der Waals surface area contributed by atoms with E-state index in [0.29, 0.717) is 11.3 Å². The van der Waals surface area contributed by atoms with E-state index in [-0.39, 0.29) is 38.3 Å². The Bertz CT molecular complexity index is 1290. The summed E-state index contributed by atoms with van der Waals surface area (Å²) >= 11 is 0.745. The summed E-state index contributed by atoms with van der Waals surface area (Å²) in [7, 11) is -4.03. The maximum atomic E-state index is 12.7. The molecule has 0 spiro atoms. The van der Waals surface area contributed by atoms with Crippen molar-refractivity contribution in [3.05, 3.63) is 59.7 Å². The highest BCUT2D eigenvalue weighted by Gasteiger charge is 2.22. The lowest BCUT2D eigenvalue weighted by Gasteiger charge is -2.19. The molecule has 1 aromatic heterocycles. The average Bonchev–Trinajstić information content (AvgIpc) is 3.22. The molecule has 34 heavy (non-hydrogen) atoms. The predicted molar refractivity (Wildman–Crippen MR) is 134 cm³/mol. The van der Waals surface area contributed by atoms with E-state index in [1.165, 1.54) is 6.07 Å². The summed E-state index contributed by atoms with van der Waals surface area (Å²) in [5, 5.41) is 12.8. The first-order valence-electron chi connectivity index (χ1n) is 10.5. The number of nitrogens with one attached hydrogen (secondary N) is 3. The first kappa shape index (κ1) is 25.3. The van der Waals surface area contributed by atoms with Crippen LogP contribution in [0.15, 0.2) is 52.9 Å². The van der Waals surface area contributed by atoms with Gasteiger partial charge < -0.3 is 10.6 Å². The van der Waals surface area contributed by atoms with Crippen molar-refractivity contribution in [2.45, 2.75) is 44.4 Å². The van der Waals surface area contributed by atoms with Crippen LogP contribution in [0.4, 0.5) is 16.5 Å². The van der Waals surface area contributed by atoms with Gasteiger partial charge in [-0.15, -0.1) is 10.2 Å². The number of sulfonamides is 1. The first-order chi connectivity index (χ1) is 15.8. The lowest BCUT2D eigenvalue weighted by molar-refractivity contribution is -0.118. The third-order valence-corrected chi connectivity index (χ3v) is 7.36. The van der Waals surface area contributed by atoms with Crippen LogP contribution in [0.1, 0.15) is 50.5 Å². The lowest BCUT2D eigenvalue weighted by atomic mass is 9.87. The van der Waals surface area contributed by atoms with Crippen LogP contribution < -0.4 is 15.4 Å². The molecule has 3 aromatic rings. The summed E-state index contributed by atoms with van der Waals surface area (Å²) in [5.41, 5.74) is 2.25. The van der Waals surface area contributed by atoms with E-state index >= 15 is 0 Å². The molecule has 2 amide bonds. The van der Waals surface area contributed by atoms with Crippen molar-refractivity contribution >= 4 is 49.7 Å². The molecular weight excluding hydrogens is 474 g/mol. The van der Waals surface area contributed by atoms with Crippen LogP contribution in [0.5, 0.6) is 0 Å². The van der Waals surface area contributed by atoms with Crippen molar-refractivity contribution in [3.8, 4) is 0 Å². The number of carbonyl (C=O) groups is 2. The quantitative estimate of drug-likeness (QED) is 0.409. The van der Waals surface area contributed by atoms with E-state index in [1.54, 1.807) is 44.2 Å². The highest BCUT2D eigenvalue weighted by atomic mass is 32.2. The Labute approximate surface area is 203 Å². The average molecular weight is 502 g/mol. The standard InChI is InChI=1S/C23H27N5O4S2/c1-14(2)19(29)25-21-26-27-22(33-21)34(31,32)28-18-8-6-7-17(13-18)24-20(30)15-9-11-16(12-10-15)23(3,4)5/h6-14,28H,1-5H3,(H,24,30)(H,25,26,29). The van der Waals surface area contributed by atoms with Gasteiger partial charge in [0.2, 0.25) is 11.0 Å². The molecule has 0 unspecified atom stereocenters. The second-order valence-electron chi connectivity index (χ2n) is 8.98. The molecule has 0 aliphatic heterocycles. The summed E-state index contributed by atoms with van der Waals surface area (Å²) in [6.07, 6.45) is 0. The van der Waals surface area contributed by atoms with Crippen LogP contribution in [0.3, 0.4) is 0 Å². The van der Waals surface area contributed by atoms with Gasteiger partial charge in [0.1, 0.15) is 0 Å². The predicted octanol–water partition coefficient (Wildman–Crippen LogP) is 4.48. The monoisotopic (exact) mass is 501 g/mol. The topological polar surface area (TPSA) is 130 Å². The van der Waals surface area contributed by atoms with Crippen LogP contribution in [0.25, 0.3) is 0 Å². The zero-order valence-electron chi connectivity index (χ0n) is 19.5. The molecule has 0 saturated carbocycles. The number of amides is 2. The molecule has 9 nitrogen and oxygen atoms in total. The summed E-state index contributed by atoms with van der Waals surface area (Å²) in [4.78, 5) is 24.4. The van der Waals surface area contributed by atoms with Crippen LogP contribution in [-0.4, -0.2) is 30.4 Å². The van der Waals surface area contributed by atoms with Gasteiger partial charge in [-0.2, -0.15) is 8.42 Å². The van der Waals surface area contributed by atoms with Crippen molar-refractivity contribution in [3.63, 3.8) is 0 Å². The number of nitrogens with zero attached hydrogens (tertiary/aromatic N) is 2. The number of aromatic nitrogens is 2. The fourth-order valence-electron chi connectivity index (χ4n) is 2.80. The Morgan fingerprint density at radius 3 is 2.21 bits per heavy atom. The highest BCUT2D eigenvalue weighted by Crippen LogP contribution is 2.25. The van der Waals surface area contributed by atoms with Gasteiger partial charge in [-0.3, -0.25) is 14.3 Å². The Balaban J connectivity index is 1.70. The van der Waals surface area contributed by atoms with E-state index < -0.39 is 10.0 Å². The normalized spacial score (nSPS) is 11.8. The molecule has 0 radical (unpaired) electrons. The van der Waals surface area contributed by atoms with Crippen LogP contribution >= 0.6 is 11.3 Å². The molecular formula is C23H27N5O4S2. The van der Waals surface area contributed by atoms with Crippen molar-refractivity contribution in [2.75, 3.05) is 15.4 Å². The van der Waals surface area contributed by atoms with E-state index in [2.05, 4.69) is 46.3 Å². The minimum absolute atomic E-state index is 0.0196. The summed E-state index contributed by atoms with van der Waals surface area (Å²) in [5.74, 6) is -0.879.